The molecule has 2 heterocycles. The van der Waals surface area contributed by atoms with Crippen molar-refractivity contribution in [2.75, 3.05) is 5.73 Å². The minimum absolute atomic E-state index is 0.0413. The topological polar surface area (TPSA) is 120 Å². The highest BCUT2D eigenvalue weighted by Gasteiger charge is 2.37. The lowest BCUT2D eigenvalue weighted by Crippen LogP contribution is -2.40. The van der Waals surface area contributed by atoms with Crippen molar-refractivity contribution in [1.82, 2.24) is 9.55 Å². The molecule has 2 aliphatic rings. The Morgan fingerprint density at radius 3 is 2.64 bits per heavy atom. The molecule has 3 N–H and O–H groups in total. The maximum atomic E-state index is 13.8. The lowest BCUT2D eigenvalue weighted by atomic mass is 9.89. The molecule has 0 radical (unpaired) electrons. The average Bonchev–Trinajstić information content (AvgIpc) is 3.31. The van der Waals surface area contributed by atoms with Gasteiger partial charge < -0.3 is 15.7 Å². The van der Waals surface area contributed by atoms with Crippen molar-refractivity contribution in [3.8, 4) is 0 Å². The minimum Gasteiger partial charge on any atom is -0.481 e. The van der Waals surface area contributed by atoms with Crippen LogP contribution >= 0.6 is 0 Å². The fourth-order valence-corrected chi connectivity index (χ4v) is 5.22. The van der Waals surface area contributed by atoms with Crippen LogP contribution in [0.2, 0.25) is 0 Å². The third-order valence-corrected chi connectivity index (χ3v) is 7.52. The van der Waals surface area contributed by atoms with Gasteiger partial charge in [-0.25, -0.2) is 9.37 Å². The van der Waals surface area contributed by atoms with E-state index in [4.69, 9.17) is 20.7 Å². The summed E-state index contributed by atoms with van der Waals surface area (Å²) in [4.78, 5) is 35.6. The second-order valence-electron chi connectivity index (χ2n) is 10.6. The molecule has 8 nitrogen and oxygen atoms in total. The first kappa shape index (κ1) is 26.3. The Morgan fingerprint density at radius 2 is 1.95 bits per heavy atom. The van der Waals surface area contributed by atoms with Gasteiger partial charge in [0.2, 0.25) is 0 Å². The molecule has 0 fully saturated rings. The number of hydrogen-bond acceptors (Lipinski definition) is 6. The van der Waals surface area contributed by atoms with E-state index >= 15 is 0 Å². The van der Waals surface area contributed by atoms with E-state index in [2.05, 4.69) is 5.16 Å². The summed E-state index contributed by atoms with van der Waals surface area (Å²) in [6.45, 7) is 3.84. The van der Waals surface area contributed by atoms with E-state index in [1.54, 1.807) is 16.7 Å². The standard InChI is InChI=1S/C30H31FN4O4/c1-29(15-13-21(31)14-16-29)35-26(5-3-4-6-27(36)37)33-24-17-19(7-12-23(24)28(35)38)25-18-30(2,39-34-25)20-8-10-22(32)11-9-20/h7-15,17H,3-6,16,18,32H2,1-2H3,(H,36,37). The maximum absolute atomic E-state index is 13.8. The van der Waals surface area contributed by atoms with Crippen molar-refractivity contribution in [1.29, 1.82) is 0 Å². The average molecular weight is 531 g/mol. The third-order valence-electron chi connectivity index (χ3n) is 7.52. The van der Waals surface area contributed by atoms with E-state index in [1.165, 1.54) is 12.2 Å². The molecule has 0 saturated heterocycles. The number of aryl methyl sites for hydroxylation is 1. The summed E-state index contributed by atoms with van der Waals surface area (Å²) in [5.74, 6) is -0.668. The number of unbranched alkanes of at least 4 members (excludes halogenated alkanes) is 1. The molecule has 0 amide bonds. The van der Waals surface area contributed by atoms with Crippen molar-refractivity contribution in [2.24, 2.45) is 5.16 Å². The maximum Gasteiger partial charge on any atom is 0.303 e. The van der Waals surface area contributed by atoms with Gasteiger partial charge in [0, 0.05) is 30.5 Å². The SMILES string of the molecule is CC1(c2ccc(N)cc2)CC(c2ccc3c(=O)n(C4(C)C=CC(F)=CC4)c(CCCCC(=O)O)nc3c2)=NO1. The number of rotatable bonds is 8. The Labute approximate surface area is 225 Å². The molecule has 2 unspecified atom stereocenters. The van der Waals surface area contributed by atoms with Gasteiger partial charge in [0.25, 0.3) is 5.56 Å². The highest BCUT2D eigenvalue weighted by Crippen LogP contribution is 2.37. The van der Waals surface area contributed by atoms with Crippen LogP contribution in [0.25, 0.3) is 10.9 Å². The molecule has 2 aromatic carbocycles. The van der Waals surface area contributed by atoms with Gasteiger partial charge in [-0.3, -0.25) is 14.2 Å². The first-order valence-electron chi connectivity index (χ1n) is 13.0. The number of halogens is 1. The number of nitrogens with two attached hydrogens (primary N) is 1. The monoisotopic (exact) mass is 530 g/mol. The molecule has 5 rings (SSSR count). The number of fused-ring (bicyclic) bond motifs is 1. The van der Waals surface area contributed by atoms with E-state index in [9.17, 15) is 14.0 Å². The summed E-state index contributed by atoms with van der Waals surface area (Å²) in [6.07, 6.45) is 6.82. The highest BCUT2D eigenvalue weighted by molar-refractivity contribution is 6.04. The zero-order valence-electron chi connectivity index (χ0n) is 22.0. The number of hydrogen-bond donors (Lipinski definition) is 2. The predicted octanol–water partition coefficient (Wildman–Crippen LogP) is 5.34. The third kappa shape index (κ3) is 5.21. The lowest BCUT2D eigenvalue weighted by molar-refractivity contribution is -0.137. The van der Waals surface area contributed by atoms with Gasteiger partial charge in [-0.05, 0) is 75.1 Å². The molecule has 1 aliphatic heterocycles. The van der Waals surface area contributed by atoms with Gasteiger partial charge in [0.15, 0.2) is 5.60 Å². The van der Waals surface area contributed by atoms with Crippen molar-refractivity contribution < 1.29 is 19.1 Å². The highest BCUT2D eigenvalue weighted by atomic mass is 19.1. The molecule has 0 saturated carbocycles. The lowest BCUT2D eigenvalue weighted by Gasteiger charge is -2.32. The number of aromatic nitrogens is 2. The summed E-state index contributed by atoms with van der Waals surface area (Å²) in [6, 6.07) is 13.0. The molecule has 202 valence electrons. The molecule has 0 spiro atoms. The van der Waals surface area contributed by atoms with Crippen LogP contribution in [0.15, 0.2) is 76.5 Å². The van der Waals surface area contributed by atoms with Gasteiger partial charge in [-0.2, -0.15) is 0 Å². The van der Waals surface area contributed by atoms with Gasteiger partial charge >= 0.3 is 5.97 Å². The van der Waals surface area contributed by atoms with Crippen LogP contribution < -0.4 is 11.3 Å². The first-order chi connectivity index (χ1) is 18.6. The van der Waals surface area contributed by atoms with Crippen LogP contribution in [-0.2, 0) is 27.2 Å². The fraction of sp³-hybridized carbons (Fsp3) is 0.333. The Kier molecular flexibility index (Phi) is 6.84. The molecule has 3 aromatic rings. The molecule has 9 heteroatoms. The molecule has 1 aliphatic carbocycles. The number of oxime groups is 1. The van der Waals surface area contributed by atoms with E-state index in [1.807, 2.05) is 50.2 Å². The Morgan fingerprint density at radius 1 is 1.18 bits per heavy atom. The van der Waals surface area contributed by atoms with Gasteiger partial charge in [0.1, 0.15) is 11.7 Å². The van der Waals surface area contributed by atoms with Crippen LogP contribution in [0.5, 0.6) is 0 Å². The molecular formula is C30H31FN4O4. The van der Waals surface area contributed by atoms with Gasteiger partial charge in [0.05, 0.1) is 22.2 Å². The second-order valence-corrected chi connectivity index (χ2v) is 10.6. The normalized spacial score (nSPS) is 22.4. The van der Waals surface area contributed by atoms with E-state index in [0.717, 1.165) is 16.8 Å². The summed E-state index contributed by atoms with van der Waals surface area (Å²) in [7, 11) is 0. The number of benzene rings is 2. The smallest absolute Gasteiger partial charge is 0.303 e. The second kappa shape index (κ2) is 10.1. The molecular weight excluding hydrogens is 499 g/mol. The number of aliphatic carboxylic acids is 1. The number of anilines is 1. The Bertz CT molecular complexity index is 1590. The van der Waals surface area contributed by atoms with Gasteiger partial charge in [-0.15, -0.1) is 0 Å². The number of allylic oxidation sites excluding steroid dienone is 4. The molecule has 39 heavy (non-hydrogen) atoms. The fourth-order valence-electron chi connectivity index (χ4n) is 5.22. The Balaban J connectivity index is 1.51. The molecule has 1 aromatic heterocycles. The number of carboxylic acids is 1. The summed E-state index contributed by atoms with van der Waals surface area (Å²) < 4.78 is 15.4. The first-order valence-corrected chi connectivity index (χ1v) is 13.0. The minimum atomic E-state index is -0.864. The summed E-state index contributed by atoms with van der Waals surface area (Å²) >= 11 is 0. The van der Waals surface area contributed by atoms with Crippen molar-refractivity contribution in [3.05, 3.63) is 93.8 Å². The van der Waals surface area contributed by atoms with E-state index in [0.29, 0.717) is 54.5 Å². The molecule has 2 atom stereocenters. The number of carboxylic acid groups (broad SMARTS) is 1. The molecule has 0 bridgehead atoms. The van der Waals surface area contributed by atoms with E-state index < -0.39 is 17.1 Å². The zero-order chi connectivity index (χ0) is 27.8. The van der Waals surface area contributed by atoms with Crippen molar-refractivity contribution in [2.45, 2.75) is 63.5 Å². The summed E-state index contributed by atoms with van der Waals surface area (Å²) in [5.41, 5.74) is 7.88. The number of carbonyl (C=O) groups is 1. The Hall–Kier alpha value is -4.27. The predicted molar refractivity (Wildman–Crippen MR) is 148 cm³/mol. The number of nitrogens with zero attached hydrogens (tertiary/aromatic N) is 3. The van der Waals surface area contributed by atoms with Crippen LogP contribution in [-0.4, -0.2) is 26.3 Å². The van der Waals surface area contributed by atoms with Crippen molar-refractivity contribution >= 4 is 28.3 Å². The van der Waals surface area contributed by atoms with E-state index in [-0.39, 0.29) is 17.8 Å². The van der Waals surface area contributed by atoms with Crippen molar-refractivity contribution in [3.63, 3.8) is 0 Å². The number of nitrogen functional groups attached to an aromatic ring is 1. The van der Waals surface area contributed by atoms with Crippen LogP contribution in [0.4, 0.5) is 10.1 Å². The zero-order valence-corrected chi connectivity index (χ0v) is 22.0. The summed E-state index contributed by atoms with van der Waals surface area (Å²) in [5, 5.41) is 13.8. The van der Waals surface area contributed by atoms with Crippen LogP contribution in [0.1, 0.15) is 62.9 Å². The van der Waals surface area contributed by atoms with Crippen LogP contribution in [0, 0.1) is 0 Å². The van der Waals surface area contributed by atoms with Gasteiger partial charge in [-0.1, -0.05) is 29.4 Å². The quantitative estimate of drug-likeness (QED) is 0.300. The largest absolute Gasteiger partial charge is 0.481 e. The van der Waals surface area contributed by atoms with Crippen LogP contribution in [0.3, 0.4) is 0 Å².